The van der Waals surface area contributed by atoms with E-state index >= 15 is 0 Å². The zero-order valence-corrected chi connectivity index (χ0v) is 26.7. The van der Waals surface area contributed by atoms with Crippen LogP contribution in [-0.4, -0.2) is 65.3 Å². The first kappa shape index (κ1) is 30.4. The van der Waals surface area contributed by atoms with Crippen molar-refractivity contribution in [2.45, 2.75) is 76.3 Å². The topological polar surface area (TPSA) is 122 Å². The van der Waals surface area contributed by atoms with Gasteiger partial charge in [0.1, 0.15) is 11.9 Å². The molecule has 3 aliphatic carbocycles. The van der Waals surface area contributed by atoms with Gasteiger partial charge in [-0.1, -0.05) is 26.1 Å². The van der Waals surface area contributed by atoms with E-state index in [1.807, 2.05) is 20.0 Å². The molecule has 0 radical (unpaired) electrons. The molecule has 2 aromatic rings. The smallest absolute Gasteiger partial charge is 0.251 e. The number of nitriles is 1. The van der Waals surface area contributed by atoms with Gasteiger partial charge in [0.25, 0.3) is 5.91 Å². The zero-order valence-electron chi connectivity index (χ0n) is 26.7. The molecule has 9 heteroatoms. The predicted octanol–water partition coefficient (Wildman–Crippen LogP) is 4.20. The molecule has 4 N–H and O–H groups in total. The summed E-state index contributed by atoms with van der Waals surface area (Å²) in [7, 11) is 3.66. The van der Waals surface area contributed by atoms with E-state index in [0.29, 0.717) is 47.7 Å². The van der Waals surface area contributed by atoms with E-state index in [9.17, 15) is 10.1 Å². The second kappa shape index (κ2) is 12.0. The Hall–Kier alpha value is -3.64. The first-order chi connectivity index (χ1) is 21.2. The molecule has 1 amide bonds. The van der Waals surface area contributed by atoms with Crippen molar-refractivity contribution in [2.75, 3.05) is 27.2 Å². The molecule has 1 aliphatic heterocycles. The van der Waals surface area contributed by atoms with Crippen LogP contribution in [0, 0.1) is 47.8 Å². The Balaban J connectivity index is 1.33. The number of aromatic nitrogens is 3. The number of nitrogens with zero attached hydrogens (tertiary/aromatic N) is 4. The highest BCUT2D eigenvalue weighted by molar-refractivity contribution is 5.94. The van der Waals surface area contributed by atoms with E-state index < -0.39 is 5.41 Å². The van der Waals surface area contributed by atoms with Crippen molar-refractivity contribution in [3.63, 3.8) is 0 Å². The van der Waals surface area contributed by atoms with Crippen molar-refractivity contribution in [2.24, 2.45) is 29.6 Å². The molecule has 8 atom stereocenters. The summed E-state index contributed by atoms with van der Waals surface area (Å²) >= 11 is 0. The highest BCUT2D eigenvalue weighted by Gasteiger charge is 2.59. The molecule has 4 aliphatic rings. The van der Waals surface area contributed by atoms with Crippen molar-refractivity contribution in [3.8, 4) is 6.07 Å². The van der Waals surface area contributed by atoms with E-state index in [1.165, 1.54) is 11.1 Å². The van der Waals surface area contributed by atoms with Crippen LogP contribution in [-0.2, 0) is 11.8 Å². The fourth-order valence-electron chi connectivity index (χ4n) is 9.15. The number of aromatic amines is 1. The molecule has 2 heterocycles. The summed E-state index contributed by atoms with van der Waals surface area (Å²) in [5.41, 5.74) is 4.88. The second-order valence-electron chi connectivity index (χ2n) is 13.7. The number of piperidine rings is 1. The van der Waals surface area contributed by atoms with Crippen LogP contribution in [0.1, 0.15) is 78.6 Å². The summed E-state index contributed by atoms with van der Waals surface area (Å²) in [4.78, 5) is 20.0. The number of carbonyl (C=O) groups is 1. The van der Waals surface area contributed by atoms with Gasteiger partial charge in [-0.05, 0) is 111 Å². The molecule has 6 rings (SSSR count). The molecule has 2 saturated carbocycles. The third-order valence-electron chi connectivity index (χ3n) is 11.5. The van der Waals surface area contributed by atoms with Crippen molar-refractivity contribution >= 4 is 5.91 Å². The summed E-state index contributed by atoms with van der Waals surface area (Å²) in [6.45, 7) is 14.4. The molecule has 0 spiro atoms. The number of rotatable bonds is 10. The average molecular weight is 597 g/mol. The Kier molecular flexibility index (Phi) is 8.31. The predicted molar refractivity (Wildman–Crippen MR) is 171 cm³/mol. The van der Waals surface area contributed by atoms with Crippen LogP contribution < -0.4 is 16.0 Å². The van der Waals surface area contributed by atoms with Gasteiger partial charge in [-0.3, -0.25) is 9.89 Å². The number of likely N-dealkylation sites (tertiary alicyclic amines) is 1. The average Bonchev–Trinajstić information content (AvgIpc) is 3.33. The van der Waals surface area contributed by atoms with Gasteiger partial charge in [0, 0.05) is 43.6 Å². The van der Waals surface area contributed by atoms with Crippen molar-refractivity contribution < 1.29 is 4.79 Å². The van der Waals surface area contributed by atoms with Crippen LogP contribution in [0.3, 0.4) is 0 Å². The third-order valence-corrected chi connectivity index (χ3v) is 11.5. The van der Waals surface area contributed by atoms with Gasteiger partial charge in [-0.25, -0.2) is 4.98 Å². The Labute approximate surface area is 262 Å². The number of hydrogen-bond donors (Lipinski definition) is 4. The number of hydrogen-bond acceptors (Lipinski definition) is 7. The fourth-order valence-corrected chi connectivity index (χ4v) is 9.15. The maximum Gasteiger partial charge on any atom is 0.251 e. The number of carbonyl (C=O) groups excluding carboxylic acids is 1. The Morgan fingerprint density at radius 1 is 1.20 bits per heavy atom. The lowest BCUT2D eigenvalue weighted by molar-refractivity contribution is 0.0963. The SMILES string of the molecule is C=C(NC)C1CCC2C(CCc3cc(C(=O)NC)ccc3C2(CCNCC(=C)N2C(C#N)C[C@@H]3[C@H](C)[C@@H]32)c2n[nH]c(C)n2)C1. The lowest BCUT2D eigenvalue weighted by atomic mass is 9.57. The molecular weight excluding hydrogens is 548 g/mol. The van der Waals surface area contributed by atoms with E-state index in [1.54, 1.807) is 7.05 Å². The van der Waals surface area contributed by atoms with E-state index in [2.05, 4.69) is 64.2 Å². The molecule has 1 aromatic heterocycles. The van der Waals surface area contributed by atoms with Gasteiger partial charge in [-0.15, -0.1) is 0 Å². The number of nitrogens with one attached hydrogen (secondary N) is 4. The minimum absolute atomic E-state index is 0.0652. The van der Waals surface area contributed by atoms with Crippen LogP contribution in [0.25, 0.3) is 0 Å². The van der Waals surface area contributed by atoms with Gasteiger partial charge in [-0.2, -0.15) is 10.4 Å². The number of H-pyrrole nitrogens is 1. The van der Waals surface area contributed by atoms with E-state index in [0.717, 1.165) is 74.5 Å². The normalized spacial score (nSPS) is 32.0. The lowest BCUT2D eigenvalue weighted by Crippen LogP contribution is -2.46. The van der Waals surface area contributed by atoms with Crippen LogP contribution in [0.5, 0.6) is 0 Å². The summed E-state index contributed by atoms with van der Waals surface area (Å²) in [5.74, 6) is 4.13. The quantitative estimate of drug-likeness (QED) is 0.304. The Morgan fingerprint density at radius 3 is 2.73 bits per heavy atom. The monoisotopic (exact) mass is 596 g/mol. The first-order valence-electron chi connectivity index (χ1n) is 16.4. The lowest BCUT2D eigenvalue weighted by Gasteiger charge is -2.47. The van der Waals surface area contributed by atoms with Gasteiger partial charge in [0.05, 0.1) is 11.5 Å². The summed E-state index contributed by atoms with van der Waals surface area (Å²) in [6.07, 6.45) is 6.98. The van der Waals surface area contributed by atoms with Crippen LogP contribution >= 0.6 is 0 Å². The minimum Gasteiger partial charge on any atom is -0.392 e. The first-order valence-corrected chi connectivity index (χ1v) is 16.4. The molecule has 44 heavy (non-hydrogen) atoms. The summed E-state index contributed by atoms with van der Waals surface area (Å²) in [5, 5.41) is 27.7. The summed E-state index contributed by atoms with van der Waals surface area (Å²) < 4.78 is 0. The molecule has 5 unspecified atom stereocenters. The van der Waals surface area contributed by atoms with E-state index in [4.69, 9.17) is 10.1 Å². The van der Waals surface area contributed by atoms with E-state index in [-0.39, 0.29) is 11.9 Å². The van der Waals surface area contributed by atoms with Gasteiger partial charge in [0.2, 0.25) is 0 Å². The number of fused-ring (bicyclic) bond motifs is 3. The largest absolute Gasteiger partial charge is 0.392 e. The molecule has 234 valence electrons. The maximum absolute atomic E-state index is 12.7. The molecule has 1 aromatic carbocycles. The highest BCUT2D eigenvalue weighted by Crippen LogP contribution is 2.56. The molecule has 3 fully saturated rings. The standard InChI is InChI=1S/C35H48N8O/c1-20(43-28(18-36)17-29-21(2)32(29)43)19-39-14-13-35(34-40-23(4)41-42-34)30-11-9-24(22(3)37-5)15-25(30)7-8-26-16-27(33(44)38-6)10-12-31(26)35/h10,12,16,21,24-25,28-30,32,37,39H,1,3,7-9,11,13-15,17,19H2,2,4-6H3,(H,38,44)(H,40,41,42)/t21-,24?,25?,28?,29+,30?,32-,35?/m0/s1. The minimum atomic E-state index is -0.415. The number of allylic oxidation sites excluding steroid dienone is 1. The maximum atomic E-state index is 12.7. The summed E-state index contributed by atoms with van der Waals surface area (Å²) in [6, 6.07) is 9.16. The highest BCUT2D eigenvalue weighted by atomic mass is 16.1. The molecule has 1 saturated heterocycles. The van der Waals surface area contributed by atoms with Crippen LogP contribution in [0.4, 0.5) is 0 Å². The van der Waals surface area contributed by atoms with Crippen LogP contribution in [0.2, 0.25) is 0 Å². The third kappa shape index (κ3) is 5.11. The van der Waals surface area contributed by atoms with Crippen LogP contribution in [0.15, 0.2) is 42.8 Å². The number of benzene rings is 1. The zero-order chi connectivity index (χ0) is 31.2. The second-order valence-corrected chi connectivity index (χ2v) is 13.7. The van der Waals surface area contributed by atoms with Crippen molar-refractivity contribution in [1.82, 2.24) is 36.0 Å². The molecular formula is C35H48N8O. The number of aryl methyl sites for hydroxylation is 2. The fraction of sp³-hybridized carbons (Fsp3) is 0.600. The van der Waals surface area contributed by atoms with Crippen molar-refractivity contribution in [1.29, 1.82) is 5.26 Å². The Bertz CT molecular complexity index is 1470. The number of amides is 1. The van der Waals surface area contributed by atoms with Gasteiger partial charge in [0.15, 0.2) is 5.82 Å². The van der Waals surface area contributed by atoms with Gasteiger partial charge < -0.3 is 20.9 Å². The molecule has 0 bridgehead atoms. The van der Waals surface area contributed by atoms with Gasteiger partial charge >= 0.3 is 0 Å². The Morgan fingerprint density at radius 2 is 2.02 bits per heavy atom. The van der Waals surface area contributed by atoms with Crippen molar-refractivity contribution in [3.05, 3.63) is 71.1 Å². The molecule has 9 nitrogen and oxygen atoms in total.